The number of hydrogen-bond acceptors (Lipinski definition) is 6. The van der Waals surface area contributed by atoms with Gasteiger partial charge >= 0.3 is 0 Å². The number of ether oxygens (including phenoxy) is 1. The second-order valence-electron chi connectivity index (χ2n) is 8.50. The van der Waals surface area contributed by atoms with E-state index in [0.717, 1.165) is 34.4 Å². The smallest absolute Gasteiger partial charge is 0.258 e. The van der Waals surface area contributed by atoms with Gasteiger partial charge in [-0.2, -0.15) is 0 Å². The van der Waals surface area contributed by atoms with E-state index >= 15 is 0 Å². The Morgan fingerprint density at radius 3 is 2.34 bits per heavy atom. The molecule has 8 nitrogen and oxygen atoms in total. The van der Waals surface area contributed by atoms with Crippen LogP contribution in [0.1, 0.15) is 38.0 Å². The molecule has 0 radical (unpaired) electrons. The molecule has 0 spiro atoms. The Morgan fingerprint density at radius 1 is 1.11 bits per heavy atom. The summed E-state index contributed by atoms with van der Waals surface area (Å²) < 4.78 is 39.0. The molecule has 194 valence electrons. The van der Waals surface area contributed by atoms with Crippen molar-refractivity contribution < 1.29 is 27.5 Å². The van der Waals surface area contributed by atoms with Gasteiger partial charge in [0.05, 0.1) is 18.0 Å². The monoisotopic (exact) mass is 586 g/mol. The first-order valence-electron chi connectivity index (χ1n) is 11.6. The van der Waals surface area contributed by atoms with E-state index in [0.29, 0.717) is 11.3 Å². The predicted octanol–water partition coefficient (Wildman–Crippen LogP) is 5.09. The SMILES string of the molecule is CC[Si](CC)(CC)OC(CNC(=O)COc1ccc(Br)c(C)c1)c1ccc(O)c(NS(C)(=O)=O)c1. The summed E-state index contributed by atoms with van der Waals surface area (Å²) >= 11 is 3.44. The van der Waals surface area contributed by atoms with E-state index in [1.807, 2.05) is 19.1 Å². The van der Waals surface area contributed by atoms with Crippen LogP contribution in [0.4, 0.5) is 5.69 Å². The Kier molecular flexibility index (Phi) is 10.6. The van der Waals surface area contributed by atoms with E-state index in [-0.39, 0.29) is 30.5 Å². The van der Waals surface area contributed by atoms with Gasteiger partial charge in [-0.25, -0.2) is 8.42 Å². The van der Waals surface area contributed by atoms with E-state index in [1.165, 1.54) is 6.07 Å². The van der Waals surface area contributed by atoms with Crippen molar-refractivity contribution in [2.45, 2.75) is 51.9 Å². The summed E-state index contributed by atoms with van der Waals surface area (Å²) in [4.78, 5) is 12.6. The number of hydrogen-bond donors (Lipinski definition) is 3. The van der Waals surface area contributed by atoms with Gasteiger partial charge in [-0.1, -0.05) is 42.8 Å². The summed E-state index contributed by atoms with van der Waals surface area (Å²) in [6.45, 7) is 8.29. The first-order valence-corrected chi connectivity index (χ1v) is 16.8. The lowest BCUT2D eigenvalue weighted by atomic mass is 10.1. The topological polar surface area (TPSA) is 114 Å². The number of anilines is 1. The van der Waals surface area contributed by atoms with Crippen molar-refractivity contribution in [3.05, 3.63) is 52.0 Å². The van der Waals surface area contributed by atoms with Crippen LogP contribution in [-0.4, -0.2) is 47.2 Å². The highest BCUT2D eigenvalue weighted by Crippen LogP contribution is 2.33. The molecule has 0 aliphatic rings. The molecule has 0 bridgehead atoms. The molecule has 0 aliphatic carbocycles. The summed E-state index contributed by atoms with van der Waals surface area (Å²) in [6, 6.07) is 12.9. The van der Waals surface area contributed by atoms with E-state index in [2.05, 4.69) is 46.7 Å². The van der Waals surface area contributed by atoms with Crippen LogP contribution in [0.5, 0.6) is 11.5 Å². The predicted molar refractivity (Wildman–Crippen MR) is 145 cm³/mol. The Labute approximate surface area is 217 Å². The number of aromatic hydroxyl groups is 1. The maximum atomic E-state index is 12.6. The van der Waals surface area contributed by atoms with Gasteiger partial charge in [-0.05, 0) is 66.5 Å². The molecule has 1 unspecified atom stereocenters. The fourth-order valence-electron chi connectivity index (χ4n) is 3.68. The number of sulfonamides is 1. The molecular formula is C24H35BrN2O6SSi. The highest BCUT2D eigenvalue weighted by atomic mass is 79.9. The molecular weight excluding hydrogens is 552 g/mol. The van der Waals surface area contributed by atoms with Crippen molar-refractivity contribution in [3.63, 3.8) is 0 Å². The fraction of sp³-hybridized carbons (Fsp3) is 0.458. The lowest BCUT2D eigenvalue weighted by Gasteiger charge is -2.34. The zero-order valence-corrected chi connectivity index (χ0v) is 24.3. The van der Waals surface area contributed by atoms with Crippen molar-refractivity contribution >= 4 is 45.9 Å². The number of benzene rings is 2. The van der Waals surface area contributed by atoms with Crippen LogP contribution in [0.15, 0.2) is 40.9 Å². The first-order chi connectivity index (χ1) is 16.4. The zero-order chi connectivity index (χ0) is 26.2. The van der Waals surface area contributed by atoms with Crippen LogP contribution in [-0.2, 0) is 19.2 Å². The Bertz CT molecular complexity index is 1120. The molecule has 3 N–H and O–H groups in total. The minimum Gasteiger partial charge on any atom is -0.506 e. The Hall–Kier alpha value is -2.08. The van der Waals surface area contributed by atoms with Crippen molar-refractivity contribution in [2.24, 2.45) is 0 Å². The normalized spacial score (nSPS) is 12.7. The summed E-state index contributed by atoms with van der Waals surface area (Å²) in [5, 5.41) is 13.0. The number of phenolic OH excluding ortho intramolecular Hbond substituents is 1. The fourth-order valence-corrected chi connectivity index (χ4v) is 7.31. The number of halogens is 1. The van der Waals surface area contributed by atoms with Crippen LogP contribution in [0.3, 0.4) is 0 Å². The van der Waals surface area contributed by atoms with Crippen molar-refractivity contribution in [3.8, 4) is 11.5 Å². The largest absolute Gasteiger partial charge is 0.506 e. The van der Waals surface area contributed by atoms with Gasteiger partial charge in [-0.3, -0.25) is 9.52 Å². The molecule has 0 fully saturated rings. The lowest BCUT2D eigenvalue weighted by molar-refractivity contribution is -0.123. The van der Waals surface area contributed by atoms with Gasteiger partial charge in [-0.15, -0.1) is 0 Å². The highest BCUT2D eigenvalue weighted by molar-refractivity contribution is 9.10. The average Bonchev–Trinajstić information content (AvgIpc) is 2.81. The van der Waals surface area contributed by atoms with Gasteiger partial charge in [0.2, 0.25) is 10.0 Å². The van der Waals surface area contributed by atoms with Gasteiger partial charge < -0.3 is 19.6 Å². The van der Waals surface area contributed by atoms with Crippen molar-refractivity contribution in [2.75, 3.05) is 24.1 Å². The molecule has 1 atom stereocenters. The van der Waals surface area contributed by atoms with Crippen molar-refractivity contribution in [1.82, 2.24) is 5.32 Å². The quantitative estimate of drug-likeness (QED) is 0.222. The van der Waals surface area contributed by atoms with Crippen LogP contribution < -0.4 is 14.8 Å². The van der Waals surface area contributed by atoms with Crippen LogP contribution in [0.2, 0.25) is 18.1 Å². The number of nitrogens with one attached hydrogen (secondary N) is 2. The first kappa shape index (κ1) is 29.1. The minimum absolute atomic E-state index is 0.0654. The summed E-state index contributed by atoms with van der Waals surface area (Å²) in [5.74, 6) is 0.104. The van der Waals surface area contributed by atoms with Gasteiger partial charge in [0, 0.05) is 11.0 Å². The van der Waals surface area contributed by atoms with Gasteiger partial charge in [0.25, 0.3) is 5.91 Å². The molecule has 0 aromatic heterocycles. The summed E-state index contributed by atoms with van der Waals surface area (Å²) in [6.07, 6.45) is 0.504. The number of carbonyl (C=O) groups excluding carboxylic acids is 1. The molecule has 1 amide bonds. The number of aryl methyl sites for hydroxylation is 1. The molecule has 0 aliphatic heterocycles. The third kappa shape index (κ3) is 8.82. The minimum atomic E-state index is -3.59. The van der Waals surface area contributed by atoms with Crippen molar-refractivity contribution in [1.29, 1.82) is 0 Å². The van der Waals surface area contributed by atoms with E-state index in [9.17, 15) is 18.3 Å². The number of rotatable bonds is 13. The second kappa shape index (κ2) is 12.7. The summed E-state index contributed by atoms with van der Waals surface area (Å²) in [5.41, 5.74) is 1.73. The maximum Gasteiger partial charge on any atom is 0.258 e. The van der Waals surface area contributed by atoms with Crippen LogP contribution >= 0.6 is 15.9 Å². The van der Waals surface area contributed by atoms with Gasteiger partial charge in [0.1, 0.15) is 11.5 Å². The average molecular weight is 588 g/mol. The van der Waals surface area contributed by atoms with Crippen LogP contribution in [0.25, 0.3) is 0 Å². The second-order valence-corrected chi connectivity index (χ2v) is 15.8. The lowest BCUT2D eigenvalue weighted by Crippen LogP contribution is -2.41. The molecule has 35 heavy (non-hydrogen) atoms. The third-order valence-electron chi connectivity index (χ3n) is 6.00. The molecule has 2 rings (SSSR count). The van der Waals surface area contributed by atoms with E-state index in [1.54, 1.807) is 18.2 Å². The highest BCUT2D eigenvalue weighted by Gasteiger charge is 2.33. The third-order valence-corrected chi connectivity index (χ3v) is 12.1. The zero-order valence-electron chi connectivity index (χ0n) is 20.9. The maximum absolute atomic E-state index is 12.6. The molecule has 0 saturated carbocycles. The number of amides is 1. The van der Waals surface area contributed by atoms with Crippen LogP contribution in [0, 0.1) is 6.92 Å². The number of phenols is 1. The standard InChI is InChI=1S/C24H35BrN2O6SSi/c1-6-35(7-2,8-3)33-23(18-9-12-22(28)21(14-18)27-34(5,30)31)15-26-24(29)16-32-19-10-11-20(25)17(4)13-19/h9-14,23,27-28H,6-8,15-16H2,1-5H3,(H,26,29). The number of carbonyl (C=O) groups is 1. The van der Waals surface area contributed by atoms with E-state index < -0.39 is 24.4 Å². The Balaban J connectivity index is 2.20. The molecule has 0 saturated heterocycles. The van der Waals surface area contributed by atoms with E-state index in [4.69, 9.17) is 9.16 Å². The molecule has 0 heterocycles. The molecule has 11 heteroatoms. The Morgan fingerprint density at radius 2 is 1.77 bits per heavy atom. The van der Waals surface area contributed by atoms with Gasteiger partial charge in [0.15, 0.2) is 14.9 Å². The molecule has 2 aromatic carbocycles. The molecule has 2 aromatic rings. The summed E-state index contributed by atoms with van der Waals surface area (Å²) in [7, 11) is -5.67.